The lowest BCUT2D eigenvalue weighted by molar-refractivity contribution is -0.128. The van der Waals surface area contributed by atoms with Gasteiger partial charge in [-0.3, -0.25) is 4.79 Å². The maximum atomic E-state index is 12.7. The number of amides is 1. The molecule has 1 heterocycles. The Labute approximate surface area is 132 Å². The second-order valence-corrected chi connectivity index (χ2v) is 8.96. The van der Waals surface area contributed by atoms with E-state index in [4.69, 9.17) is 18.0 Å². The summed E-state index contributed by atoms with van der Waals surface area (Å²) in [5, 5.41) is 2.91. The van der Waals surface area contributed by atoms with Crippen molar-refractivity contribution in [1.82, 2.24) is 5.32 Å². The Bertz CT molecular complexity index is 508. The molecule has 0 aromatic carbocycles. The molecular weight excluding hydrogens is 308 g/mol. The molecule has 1 saturated heterocycles. The van der Waals surface area contributed by atoms with Gasteiger partial charge in [-0.05, 0) is 25.7 Å². The lowest BCUT2D eigenvalue weighted by Gasteiger charge is -2.33. The van der Waals surface area contributed by atoms with Crippen molar-refractivity contribution in [3.63, 3.8) is 0 Å². The van der Waals surface area contributed by atoms with E-state index in [1.807, 2.05) is 0 Å². The molecule has 1 atom stereocenters. The molecule has 0 aromatic rings. The largest absolute Gasteiger partial charge is 0.392 e. The van der Waals surface area contributed by atoms with E-state index in [2.05, 4.69) is 5.32 Å². The first-order chi connectivity index (χ1) is 9.86. The van der Waals surface area contributed by atoms with Crippen LogP contribution in [0.15, 0.2) is 0 Å². The Kier molecular flexibility index (Phi) is 5.24. The summed E-state index contributed by atoms with van der Waals surface area (Å²) in [6.45, 7) is 0. The van der Waals surface area contributed by atoms with Crippen molar-refractivity contribution < 1.29 is 13.2 Å². The van der Waals surface area contributed by atoms with Crippen LogP contribution in [0, 0.1) is 5.41 Å². The number of hydrogen-bond donors (Lipinski definition) is 2. The molecule has 120 valence electrons. The van der Waals surface area contributed by atoms with Gasteiger partial charge in [-0.15, -0.1) is 0 Å². The normalized spacial score (nSPS) is 28.3. The number of hydrogen-bond acceptors (Lipinski definition) is 4. The fourth-order valence-corrected chi connectivity index (χ4v) is 5.31. The van der Waals surface area contributed by atoms with Crippen molar-refractivity contribution in [3.05, 3.63) is 0 Å². The van der Waals surface area contributed by atoms with E-state index in [0.29, 0.717) is 25.7 Å². The number of rotatable bonds is 3. The molecule has 2 aliphatic rings. The molecule has 1 amide bonds. The van der Waals surface area contributed by atoms with Gasteiger partial charge in [-0.25, -0.2) is 8.42 Å². The van der Waals surface area contributed by atoms with Crippen LogP contribution in [0.1, 0.15) is 51.4 Å². The average Bonchev–Trinajstić information content (AvgIpc) is 2.63. The molecular formula is C14H24N2O3S2. The highest BCUT2D eigenvalue weighted by Crippen LogP contribution is 2.36. The summed E-state index contributed by atoms with van der Waals surface area (Å²) >= 11 is 5.18. The van der Waals surface area contributed by atoms with Crippen molar-refractivity contribution in [2.45, 2.75) is 57.4 Å². The predicted molar refractivity (Wildman–Crippen MR) is 86.7 cm³/mol. The van der Waals surface area contributed by atoms with E-state index in [0.717, 1.165) is 25.7 Å². The Morgan fingerprint density at radius 1 is 1.14 bits per heavy atom. The van der Waals surface area contributed by atoms with Crippen LogP contribution in [0.3, 0.4) is 0 Å². The van der Waals surface area contributed by atoms with Crippen molar-refractivity contribution in [3.8, 4) is 0 Å². The highest BCUT2D eigenvalue weighted by Gasteiger charge is 2.42. The van der Waals surface area contributed by atoms with E-state index < -0.39 is 15.3 Å². The summed E-state index contributed by atoms with van der Waals surface area (Å²) in [7, 11) is -3.03. The van der Waals surface area contributed by atoms with E-state index in [1.54, 1.807) is 0 Å². The first kappa shape index (κ1) is 16.7. The monoisotopic (exact) mass is 332 g/mol. The topological polar surface area (TPSA) is 89.3 Å². The molecule has 2 rings (SSSR count). The van der Waals surface area contributed by atoms with Crippen LogP contribution in [0.4, 0.5) is 0 Å². The zero-order valence-electron chi connectivity index (χ0n) is 12.3. The Morgan fingerprint density at radius 3 is 2.29 bits per heavy atom. The minimum Gasteiger partial charge on any atom is -0.392 e. The second kappa shape index (κ2) is 6.60. The fraction of sp³-hybridized carbons (Fsp3) is 0.857. The number of nitrogens with one attached hydrogen (secondary N) is 1. The molecule has 0 aromatic heterocycles. The quantitative estimate of drug-likeness (QED) is 0.601. The van der Waals surface area contributed by atoms with E-state index in [1.165, 1.54) is 0 Å². The second-order valence-electron chi connectivity index (χ2n) is 6.29. The van der Waals surface area contributed by atoms with Gasteiger partial charge in [-0.2, -0.15) is 0 Å². The number of carbonyl (C=O) groups is 1. The summed E-state index contributed by atoms with van der Waals surface area (Å²) in [5.74, 6) is 0.0883. The minimum absolute atomic E-state index is 0.0339. The van der Waals surface area contributed by atoms with Gasteiger partial charge in [0.15, 0.2) is 9.84 Å². The molecule has 1 saturated carbocycles. The van der Waals surface area contributed by atoms with Crippen LogP contribution >= 0.6 is 12.2 Å². The third kappa shape index (κ3) is 3.94. The van der Waals surface area contributed by atoms with Crippen molar-refractivity contribution in [2.75, 3.05) is 11.5 Å². The van der Waals surface area contributed by atoms with Gasteiger partial charge in [0, 0.05) is 6.04 Å². The van der Waals surface area contributed by atoms with E-state index in [-0.39, 0.29) is 28.4 Å². The maximum absolute atomic E-state index is 12.7. The number of thiocarbonyl (C=S) groups is 1. The fourth-order valence-electron chi connectivity index (χ4n) is 3.38. The molecule has 3 N–H and O–H groups in total. The molecule has 1 aliphatic heterocycles. The lowest BCUT2D eigenvalue weighted by Crippen LogP contribution is -2.53. The molecule has 1 aliphatic carbocycles. The van der Waals surface area contributed by atoms with Gasteiger partial charge in [0.1, 0.15) is 0 Å². The highest BCUT2D eigenvalue weighted by atomic mass is 32.2. The standard InChI is InChI=1S/C14H24N2O3S2/c15-12(20)14(7-3-1-2-4-8-14)13(17)16-11-6-5-9-21(18,19)10-11/h11H,1-10H2,(H2,15,20)(H,16,17). The van der Waals surface area contributed by atoms with Crippen LogP contribution in [-0.4, -0.2) is 36.9 Å². The Hall–Kier alpha value is -0.690. The average molecular weight is 332 g/mol. The highest BCUT2D eigenvalue weighted by molar-refractivity contribution is 7.91. The zero-order valence-corrected chi connectivity index (χ0v) is 13.9. The van der Waals surface area contributed by atoms with E-state index in [9.17, 15) is 13.2 Å². The van der Waals surface area contributed by atoms with Crippen molar-refractivity contribution in [2.24, 2.45) is 11.1 Å². The molecule has 0 spiro atoms. The van der Waals surface area contributed by atoms with E-state index >= 15 is 0 Å². The third-order valence-electron chi connectivity index (χ3n) is 4.66. The summed E-state index contributed by atoms with van der Waals surface area (Å²) in [4.78, 5) is 13.0. The molecule has 21 heavy (non-hydrogen) atoms. The number of sulfone groups is 1. The molecule has 0 radical (unpaired) electrons. The Morgan fingerprint density at radius 2 is 1.76 bits per heavy atom. The predicted octanol–water partition coefficient (Wildman–Crippen LogP) is 1.31. The van der Waals surface area contributed by atoms with Crippen molar-refractivity contribution >= 4 is 33.0 Å². The van der Waals surface area contributed by atoms with Crippen LogP contribution in [0.25, 0.3) is 0 Å². The van der Waals surface area contributed by atoms with Crippen LogP contribution in [0.2, 0.25) is 0 Å². The first-order valence-corrected chi connectivity index (χ1v) is 9.90. The van der Waals surface area contributed by atoms with Crippen LogP contribution in [-0.2, 0) is 14.6 Å². The maximum Gasteiger partial charge on any atom is 0.233 e. The summed E-state index contributed by atoms with van der Waals surface area (Å²) in [6.07, 6.45) is 6.72. The van der Waals surface area contributed by atoms with Crippen molar-refractivity contribution in [1.29, 1.82) is 0 Å². The number of carbonyl (C=O) groups excluding carboxylic acids is 1. The Balaban J connectivity index is 2.10. The summed E-state index contributed by atoms with van der Waals surface area (Å²) < 4.78 is 23.4. The van der Waals surface area contributed by atoms with Gasteiger partial charge >= 0.3 is 0 Å². The molecule has 1 unspecified atom stereocenters. The zero-order chi connectivity index (χ0) is 15.5. The molecule has 5 nitrogen and oxygen atoms in total. The van der Waals surface area contributed by atoms with Gasteiger partial charge in [0.25, 0.3) is 0 Å². The molecule has 7 heteroatoms. The molecule has 0 bridgehead atoms. The van der Waals surface area contributed by atoms with Crippen LogP contribution in [0.5, 0.6) is 0 Å². The summed E-state index contributed by atoms with van der Waals surface area (Å²) in [5.41, 5.74) is 5.10. The van der Waals surface area contributed by atoms with Crippen LogP contribution < -0.4 is 11.1 Å². The van der Waals surface area contributed by atoms with Gasteiger partial charge < -0.3 is 11.1 Å². The lowest BCUT2D eigenvalue weighted by atomic mass is 9.79. The van der Waals surface area contributed by atoms with Gasteiger partial charge in [0.05, 0.1) is 21.9 Å². The number of nitrogens with two attached hydrogens (primary N) is 1. The third-order valence-corrected chi connectivity index (χ3v) is 6.87. The smallest absolute Gasteiger partial charge is 0.233 e. The minimum atomic E-state index is -3.03. The first-order valence-electron chi connectivity index (χ1n) is 7.67. The SMILES string of the molecule is NC(=S)C1(C(=O)NC2CCCS(=O)(=O)C2)CCCCCC1. The molecule has 2 fully saturated rings. The van der Waals surface area contributed by atoms with Gasteiger partial charge in [0.2, 0.25) is 5.91 Å². The van der Waals surface area contributed by atoms with Gasteiger partial charge in [-0.1, -0.05) is 37.9 Å². The summed E-state index contributed by atoms with van der Waals surface area (Å²) in [6, 6.07) is -0.300.